The van der Waals surface area contributed by atoms with Gasteiger partial charge in [-0.15, -0.1) is 0 Å². The van der Waals surface area contributed by atoms with E-state index in [1.54, 1.807) is 32.9 Å². The number of benzene rings is 1. The van der Waals surface area contributed by atoms with Crippen LogP contribution >= 0.6 is 0 Å². The molecule has 0 spiro atoms. The van der Waals surface area contributed by atoms with Gasteiger partial charge in [0.1, 0.15) is 11.4 Å². The first-order chi connectivity index (χ1) is 9.76. The van der Waals surface area contributed by atoms with Crippen molar-refractivity contribution >= 4 is 11.9 Å². The first-order valence-corrected chi connectivity index (χ1v) is 7.02. The van der Waals surface area contributed by atoms with Crippen LogP contribution in [0.2, 0.25) is 0 Å². The quantitative estimate of drug-likeness (QED) is 0.799. The van der Waals surface area contributed by atoms with Gasteiger partial charge in [-0.3, -0.25) is 4.79 Å². The summed E-state index contributed by atoms with van der Waals surface area (Å²) in [5.41, 5.74) is 0.221. The monoisotopic (exact) mass is 293 g/mol. The van der Waals surface area contributed by atoms with Crippen LogP contribution < -0.4 is 0 Å². The minimum Gasteiger partial charge on any atom is -0.444 e. The largest absolute Gasteiger partial charge is 0.444 e. The molecule has 0 N–H and O–H groups in total. The third kappa shape index (κ3) is 4.03. The van der Waals surface area contributed by atoms with Crippen molar-refractivity contribution in [2.75, 3.05) is 13.1 Å². The highest BCUT2D eigenvalue weighted by Crippen LogP contribution is 2.26. The number of carbonyl (C=O) groups excluding carboxylic acids is 2. The van der Waals surface area contributed by atoms with Crippen LogP contribution in [0.25, 0.3) is 0 Å². The molecule has 1 fully saturated rings. The fourth-order valence-corrected chi connectivity index (χ4v) is 2.35. The molecule has 1 aliphatic rings. The van der Waals surface area contributed by atoms with E-state index < -0.39 is 11.7 Å². The van der Waals surface area contributed by atoms with Crippen LogP contribution in [-0.4, -0.2) is 35.5 Å². The lowest BCUT2D eigenvalue weighted by molar-refractivity contribution is -0.123. The molecule has 1 amide bonds. The van der Waals surface area contributed by atoms with Crippen molar-refractivity contribution in [2.24, 2.45) is 0 Å². The molecule has 4 nitrogen and oxygen atoms in total. The molecule has 1 aromatic rings. The maximum Gasteiger partial charge on any atom is 0.410 e. The number of carbonyl (C=O) groups is 2. The van der Waals surface area contributed by atoms with Crippen LogP contribution in [-0.2, 0) is 9.53 Å². The van der Waals surface area contributed by atoms with Gasteiger partial charge in [-0.1, -0.05) is 12.1 Å². The summed E-state index contributed by atoms with van der Waals surface area (Å²) in [5, 5.41) is 0. The third-order valence-corrected chi connectivity index (χ3v) is 3.35. The van der Waals surface area contributed by atoms with Crippen LogP contribution in [0.15, 0.2) is 24.3 Å². The number of hydrogen-bond acceptors (Lipinski definition) is 3. The van der Waals surface area contributed by atoms with E-state index in [9.17, 15) is 14.0 Å². The minimum atomic E-state index is -0.575. The van der Waals surface area contributed by atoms with Crippen LogP contribution in [0, 0.1) is 5.82 Å². The molecule has 1 heterocycles. The molecule has 21 heavy (non-hydrogen) atoms. The Hall–Kier alpha value is -1.91. The van der Waals surface area contributed by atoms with Gasteiger partial charge in [0.2, 0.25) is 0 Å². The number of ether oxygens (including phenoxy) is 1. The summed E-state index contributed by atoms with van der Waals surface area (Å²) in [6.45, 7) is 5.87. The Bertz CT molecular complexity index is 533. The Morgan fingerprint density at radius 1 is 1.29 bits per heavy atom. The smallest absolute Gasteiger partial charge is 0.410 e. The molecule has 2 rings (SSSR count). The average Bonchev–Trinajstić information content (AvgIpc) is 2.38. The lowest BCUT2D eigenvalue weighted by Crippen LogP contribution is -2.45. The van der Waals surface area contributed by atoms with E-state index in [1.165, 1.54) is 17.0 Å². The number of Topliss-reactive ketones (excluding diaryl/α,β-unsaturated/α-hetero) is 1. The van der Waals surface area contributed by atoms with Gasteiger partial charge in [-0.05, 0) is 44.9 Å². The first kappa shape index (κ1) is 15.5. The second kappa shape index (κ2) is 5.84. The normalized spacial score (nSPS) is 19.5. The molecule has 0 aliphatic carbocycles. The molecule has 0 aromatic heterocycles. The highest BCUT2D eigenvalue weighted by Gasteiger charge is 2.32. The second-order valence-corrected chi connectivity index (χ2v) is 6.26. The number of hydrogen-bond donors (Lipinski definition) is 0. The van der Waals surface area contributed by atoms with Gasteiger partial charge in [0, 0.05) is 12.5 Å². The molecule has 0 unspecified atom stereocenters. The zero-order valence-corrected chi connectivity index (χ0v) is 12.6. The summed E-state index contributed by atoms with van der Waals surface area (Å²) in [7, 11) is 0. The predicted octanol–water partition coefficient (Wildman–Crippen LogP) is 3.12. The van der Waals surface area contributed by atoms with Gasteiger partial charge in [-0.2, -0.15) is 0 Å². The SMILES string of the molecule is CC(C)(C)OC(=O)N1CC[C@H](c2ccc(F)cc2)C(=O)C1. The second-order valence-electron chi connectivity index (χ2n) is 6.26. The van der Waals surface area contributed by atoms with Gasteiger partial charge in [-0.25, -0.2) is 9.18 Å². The topological polar surface area (TPSA) is 46.6 Å². The van der Waals surface area contributed by atoms with Crippen molar-refractivity contribution < 1.29 is 18.7 Å². The molecular formula is C16H20FNO3. The van der Waals surface area contributed by atoms with E-state index in [-0.39, 0.29) is 24.1 Å². The fourth-order valence-electron chi connectivity index (χ4n) is 2.35. The standard InChI is InChI=1S/C16H20FNO3/c1-16(2,3)21-15(20)18-9-8-13(14(19)10-18)11-4-6-12(17)7-5-11/h4-7,13H,8-10H2,1-3H3/t13-/m1/s1. The van der Waals surface area contributed by atoms with E-state index in [1.807, 2.05) is 0 Å². The Labute approximate surface area is 123 Å². The third-order valence-electron chi connectivity index (χ3n) is 3.35. The zero-order chi connectivity index (χ0) is 15.6. The van der Waals surface area contributed by atoms with E-state index in [2.05, 4.69) is 0 Å². The van der Waals surface area contributed by atoms with Crippen LogP contribution in [0.1, 0.15) is 38.7 Å². The molecule has 0 saturated carbocycles. The van der Waals surface area contributed by atoms with E-state index in [0.29, 0.717) is 13.0 Å². The van der Waals surface area contributed by atoms with E-state index >= 15 is 0 Å². The highest BCUT2D eigenvalue weighted by atomic mass is 19.1. The van der Waals surface area contributed by atoms with Gasteiger partial charge in [0.15, 0.2) is 5.78 Å². The summed E-state index contributed by atoms with van der Waals surface area (Å²) in [6.07, 6.45) is 0.0670. The molecular weight excluding hydrogens is 273 g/mol. The molecule has 1 aliphatic heterocycles. The fraction of sp³-hybridized carbons (Fsp3) is 0.500. The van der Waals surface area contributed by atoms with Crippen molar-refractivity contribution in [3.05, 3.63) is 35.6 Å². The van der Waals surface area contributed by atoms with Gasteiger partial charge in [0.25, 0.3) is 0 Å². The van der Waals surface area contributed by atoms with E-state index in [0.717, 1.165) is 5.56 Å². The Kier molecular flexibility index (Phi) is 4.30. The highest BCUT2D eigenvalue weighted by molar-refractivity contribution is 5.90. The maximum absolute atomic E-state index is 12.9. The van der Waals surface area contributed by atoms with Gasteiger partial charge < -0.3 is 9.64 Å². The Morgan fingerprint density at radius 3 is 2.43 bits per heavy atom. The Morgan fingerprint density at radius 2 is 1.90 bits per heavy atom. The number of rotatable bonds is 1. The molecule has 114 valence electrons. The van der Waals surface area contributed by atoms with E-state index in [4.69, 9.17) is 4.74 Å². The summed E-state index contributed by atoms with van der Waals surface area (Å²) in [5.74, 6) is -0.639. The van der Waals surface area contributed by atoms with Crippen molar-refractivity contribution in [1.82, 2.24) is 4.90 Å². The molecule has 5 heteroatoms. The number of ketones is 1. The van der Waals surface area contributed by atoms with Crippen LogP contribution in [0.4, 0.5) is 9.18 Å². The van der Waals surface area contributed by atoms with Gasteiger partial charge in [0.05, 0.1) is 6.54 Å². The maximum atomic E-state index is 12.9. The lowest BCUT2D eigenvalue weighted by Gasteiger charge is -2.32. The number of halogens is 1. The predicted molar refractivity (Wildman–Crippen MR) is 76.6 cm³/mol. The minimum absolute atomic E-state index is 0.0386. The van der Waals surface area contributed by atoms with Crippen molar-refractivity contribution in [1.29, 1.82) is 0 Å². The molecule has 1 saturated heterocycles. The summed E-state index contributed by atoms with van der Waals surface area (Å²) < 4.78 is 18.2. The summed E-state index contributed by atoms with van der Waals surface area (Å²) >= 11 is 0. The summed E-state index contributed by atoms with van der Waals surface area (Å²) in [6, 6.07) is 5.95. The Balaban J connectivity index is 2.01. The van der Waals surface area contributed by atoms with Crippen molar-refractivity contribution in [3.63, 3.8) is 0 Å². The molecule has 1 aromatic carbocycles. The summed E-state index contributed by atoms with van der Waals surface area (Å²) in [4.78, 5) is 25.6. The van der Waals surface area contributed by atoms with Crippen LogP contribution in [0.3, 0.4) is 0 Å². The number of piperidine rings is 1. The van der Waals surface area contributed by atoms with Gasteiger partial charge >= 0.3 is 6.09 Å². The number of amides is 1. The average molecular weight is 293 g/mol. The molecule has 0 radical (unpaired) electrons. The first-order valence-electron chi connectivity index (χ1n) is 7.02. The molecule has 1 atom stereocenters. The van der Waals surface area contributed by atoms with Crippen molar-refractivity contribution in [3.8, 4) is 0 Å². The number of nitrogens with zero attached hydrogens (tertiary/aromatic N) is 1. The van der Waals surface area contributed by atoms with Crippen molar-refractivity contribution in [2.45, 2.75) is 38.7 Å². The number of likely N-dealkylation sites (tertiary alicyclic amines) is 1. The zero-order valence-electron chi connectivity index (χ0n) is 12.6. The van der Waals surface area contributed by atoms with Crippen LogP contribution in [0.5, 0.6) is 0 Å². The lowest BCUT2D eigenvalue weighted by atomic mass is 9.88. The molecule has 0 bridgehead atoms.